The van der Waals surface area contributed by atoms with Gasteiger partial charge in [-0.1, -0.05) is 13.3 Å². The van der Waals surface area contributed by atoms with E-state index in [4.69, 9.17) is 0 Å². The van der Waals surface area contributed by atoms with E-state index in [2.05, 4.69) is 34.2 Å². The minimum atomic E-state index is 0.0483. The summed E-state index contributed by atoms with van der Waals surface area (Å²) < 4.78 is 0. The van der Waals surface area contributed by atoms with Crippen molar-refractivity contribution in [1.29, 1.82) is 0 Å². The van der Waals surface area contributed by atoms with E-state index < -0.39 is 0 Å². The second-order valence-corrected chi connectivity index (χ2v) is 5.09. The van der Waals surface area contributed by atoms with E-state index in [1.165, 1.54) is 12.8 Å². The van der Waals surface area contributed by atoms with Gasteiger partial charge in [0.2, 0.25) is 5.91 Å². The maximum atomic E-state index is 11.9. The fraction of sp³-hybridized carbons (Fsp3) is 0.467. The lowest BCUT2D eigenvalue weighted by Gasteiger charge is -2.15. The Hall–Kier alpha value is -1.88. The molecule has 5 nitrogen and oxygen atoms in total. The molecule has 0 bridgehead atoms. The highest BCUT2D eigenvalue weighted by atomic mass is 16.1. The molecule has 0 aliphatic heterocycles. The van der Waals surface area contributed by atoms with Gasteiger partial charge in [0.25, 0.3) is 0 Å². The standard InChI is InChI=1S/C15H22N4O/c1-3-4-8-19(2)9-7-15(20)18-12-5-6-13-14(10-12)17-11-16-13/h5-6,10-11H,3-4,7-9H2,1-2H3,(H,16,17)(H,18,20). The molecule has 0 radical (unpaired) electrons. The number of carbonyl (C=O) groups is 1. The molecule has 0 fully saturated rings. The van der Waals surface area contributed by atoms with Crippen LogP contribution in [0.2, 0.25) is 0 Å². The molecule has 2 rings (SSSR count). The summed E-state index contributed by atoms with van der Waals surface area (Å²) in [5, 5.41) is 2.92. The summed E-state index contributed by atoms with van der Waals surface area (Å²) in [6.45, 7) is 4.01. The number of benzene rings is 1. The van der Waals surface area contributed by atoms with Gasteiger partial charge in [-0.25, -0.2) is 4.98 Å². The number of carbonyl (C=O) groups excluding carboxylic acids is 1. The fourth-order valence-corrected chi connectivity index (χ4v) is 2.07. The topological polar surface area (TPSA) is 61.0 Å². The number of anilines is 1. The molecule has 1 aromatic carbocycles. The summed E-state index contributed by atoms with van der Waals surface area (Å²) in [6, 6.07) is 5.68. The second-order valence-electron chi connectivity index (χ2n) is 5.09. The van der Waals surface area contributed by atoms with Crippen LogP contribution in [0, 0.1) is 0 Å². The first-order chi connectivity index (χ1) is 9.69. The number of hydrogen-bond acceptors (Lipinski definition) is 3. The second kappa shape index (κ2) is 7.05. The molecule has 1 amide bonds. The molecule has 5 heteroatoms. The third-order valence-electron chi connectivity index (χ3n) is 3.32. The number of hydrogen-bond donors (Lipinski definition) is 2. The Kier molecular flexibility index (Phi) is 5.12. The Morgan fingerprint density at radius 1 is 1.40 bits per heavy atom. The van der Waals surface area contributed by atoms with E-state index in [1.54, 1.807) is 6.33 Å². The summed E-state index contributed by atoms with van der Waals surface area (Å²) in [4.78, 5) is 21.3. The van der Waals surface area contributed by atoms with E-state index in [1.807, 2.05) is 18.2 Å². The van der Waals surface area contributed by atoms with E-state index in [-0.39, 0.29) is 5.91 Å². The number of unbranched alkanes of at least 4 members (excludes halogenated alkanes) is 1. The molecule has 1 heterocycles. The number of rotatable bonds is 7. The highest BCUT2D eigenvalue weighted by Gasteiger charge is 2.06. The van der Waals surface area contributed by atoms with E-state index in [9.17, 15) is 4.79 Å². The first-order valence-electron chi connectivity index (χ1n) is 7.10. The van der Waals surface area contributed by atoms with Crippen LogP contribution in [0.5, 0.6) is 0 Å². The van der Waals surface area contributed by atoms with Crippen molar-refractivity contribution in [3.63, 3.8) is 0 Å². The summed E-state index contributed by atoms with van der Waals surface area (Å²) in [5.41, 5.74) is 2.65. The number of nitrogens with zero attached hydrogens (tertiary/aromatic N) is 2. The summed E-state index contributed by atoms with van der Waals surface area (Å²) in [7, 11) is 2.06. The predicted octanol–water partition coefficient (Wildman–Crippen LogP) is 2.62. The summed E-state index contributed by atoms with van der Waals surface area (Å²) >= 11 is 0. The van der Waals surface area contributed by atoms with E-state index in [0.717, 1.165) is 29.8 Å². The Morgan fingerprint density at radius 2 is 2.25 bits per heavy atom. The molecule has 0 unspecified atom stereocenters. The van der Waals surface area contributed by atoms with Crippen LogP contribution in [-0.2, 0) is 4.79 Å². The summed E-state index contributed by atoms with van der Waals surface area (Å²) in [5.74, 6) is 0.0483. The van der Waals surface area contributed by atoms with Gasteiger partial charge in [-0.05, 0) is 38.2 Å². The van der Waals surface area contributed by atoms with Gasteiger partial charge in [-0.2, -0.15) is 0 Å². The number of amides is 1. The third-order valence-corrected chi connectivity index (χ3v) is 3.32. The fourth-order valence-electron chi connectivity index (χ4n) is 2.07. The number of fused-ring (bicyclic) bond motifs is 1. The third kappa shape index (κ3) is 4.06. The maximum Gasteiger partial charge on any atom is 0.225 e. The first kappa shape index (κ1) is 14.5. The Morgan fingerprint density at radius 3 is 3.05 bits per heavy atom. The van der Waals surface area contributed by atoms with Gasteiger partial charge in [0.15, 0.2) is 0 Å². The van der Waals surface area contributed by atoms with Crippen molar-refractivity contribution in [3.8, 4) is 0 Å². The van der Waals surface area contributed by atoms with Gasteiger partial charge in [-0.15, -0.1) is 0 Å². The van der Waals surface area contributed by atoms with Gasteiger partial charge in [0, 0.05) is 18.7 Å². The zero-order valence-electron chi connectivity index (χ0n) is 12.1. The summed E-state index contributed by atoms with van der Waals surface area (Å²) in [6.07, 6.45) is 4.52. The molecule has 0 aliphatic rings. The lowest BCUT2D eigenvalue weighted by molar-refractivity contribution is -0.116. The molecule has 0 aliphatic carbocycles. The van der Waals surface area contributed by atoms with Crippen LogP contribution < -0.4 is 5.32 Å². The average Bonchev–Trinajstić information content (AvgIpc) is 2.90. The average molecular weight is 274 g/mol. The molecular formula is C15H22N4O. The Bertz CT molecular complexity index is 564. The molecule has 2 aromatic rings. The zero-order chi connectivity index (χ0) is 14.4. The highest BCUT2D eigenvalue weighted by molar-refractivity contribution is 5.93. The molecule has 108 valence electrons. The van der Waals surface area contributed by atoms with Crippen LogP contribution in [-0.4, -0.2) is 40.9 Å². The van der Waals surface area contributed by atoms with Crippen LogP contribution >= 0.6 is 0 Å². The lowest BCUT2D eigenvalue weighted by atomic mass is 10.2. The Balaban J connectivity index is 1.81. The maximum absolute atomic E-state index is 11.9. The van der Waals surface area contributed by atoms with E-state index >= 15 is 0 Å². The smallest absolute Gasteiger partial charge is 0.225 e. The molecule has 0 saturated heterocycles. The quantitative estimate of drug-likeness (QED) is 0.816. The van der Waals surface area contributed by atoms with Crippen molar-refractivity contribution in [2.24, 2.45) is 0 Å². The van der Waals surface area contributed by atoms with Crippen molar-refractivity contribution in [2.45, 2.75) is 26.2 Å². The van der Waals surface area contributed by atoms with Crippen LogP contribution in [0.4, 0.5) is 5.69 Å². The SMILES string of the molecule is CCCCN(C)CCC(=O)Nc1ccc2nc[nH]c2c1. The number of aromatic nitrogens is 2. The van der Waals surface area contributed by atoms with Gasteiger partial charge in [-0.3, -0.25) is 4.79 Å². The van der Waals surface area contributed by atoms with Gasteiger partial charge < -0.3 is 15.2 Å². The van der Waals surface area contributed by atoms with Crippen LogP contribution in [0.25, 0.3) is 11.0 Å². The van der Waals surface area contributed by atoms with Gasteiger partial charge >= 0.3 is 0 Å². The number of nitrogens with one attached hydrogen (secondary N) is 2. The van der Waals surface area contributed by atoms with Gasteiger partial charge in [0.05, 0.1) is 17.4 Å². The van der Waals surface area contributed by atoms with Crippen LogP contribution in [0.3, 0.4) is 0 Å². The van der Waals surface area contributed by atoms with Crippen LogP contribution in [0.1, 0.15) is 26.2 Å². The largest absolute Gasteiger partial charge is 0.345 e. The number of imidazole rings is 1. The molecule has 0 saturated carbocycles. The molecular weight excluding hydrogens is 252 g/mol. The van der Waals surface area contributed by atoms with Gasteiger partial charge in [0.1, 0.15) is 0 Å². The Labute approximate surface area is 119 Å². The lowest BCUT2D eigenvalue weighted by Crippen LogP contribution is -2.25. The van der Waals surface area contributed by atoms with Crippen molar-refractivity contribution in [1.82, 2.24) is 14.9 Å². The molecule has 20 heavy (non-hydrogen) atoms. The molecule has 2 N–H and O–H groups in total. The molecule has 1 aromatic heterocycles. The minimum absolute atomic E-state index is 0.0483. The van der Waals surface area contributed by atoms with Crippen molar-refractivity contribution < 1.29 is 4.79 Å². The predicted molar refractivity (Wildman–Crippen MR) is 81.7 cm³/mol. The zero-order valence-corrected chi connectivity index (χ0v) is 12.1. The number of H-pyrrole nitrogens is 1. The van der Waals surface area contributed by atoms with Crippen molar-refractivity contribution in [2.75, 3.05) is 25.5 Å². The van der Waals surface area contributed by atoms with Crippen LogP contribution in [0.15, 0.2) is 24.5 Å². The normalized spacial score (nSPS) is 11.2. The molecule has 0 atom stereocenters. The minimum Gasteiger partial charge on any atom is -0.345 e. The van der Waals surface area contributed by atoms with E-state index in [0.29, 0.717) is 6.42 Å². The van der Waals surface area contributed by atoms with Crippen molar-refractivity contribution in [3.05, 3.63) is 24.5 Å². The first-order valence-corrected chi connectivity index (χ1v) is 7.10. The van der Waals surface area contributed by atoms with Crippen molar-refractivity contribution >= 4 is 22.6 Å². The number of aromatic amines is 1. The highest BCUT2D eigenvalue weighted by Crippen LogP contribution is 2.15. The monoisotopic (exact) mass is 274 g/mol. The molecule has 0 spiro atoms.